The zero-order chi connectivity index (χ0) is 10.0. The molecule has 0 saturated heterocycles. The Bertz CT molecular complexity index is 334. The van der Waals surface area contributed by atoms with Crippen LogP contribution >= 0.6 is 0 Å². The van der Waals surface area contributed by atoms with E-state index >= 15 is 0 Å². The number of hydrogen-bond donors (Lipinski definition) is 2. The highest BCUT2D eigenvalue weighted by Gasteiger charge is 2.40. The lowest BCUT2D eigenvalue weighted by Crippen LogP contribution is -2.56. The molecule has 0 spiro atoms. The van der Waals surface area contributed by atoms with Crippen LogP contribution in [0.15, 0.2) is 18.6 Å². The molecule has 14 heavy (non-hydrogen) atoms. The minimum Gasteiger partial charge on any atom is -0.317 e. The minimum absolute atomic E-state index is 0.163. The SMILES string of the molecule is NC1(C(=O)Nc2cnccn2)CCC1. The molecule has 0 aromatic carbocycles. The van der Waals surface area contributed by atoms with Crippen LogP contribution in [0, 0.1) is 0 Å². The molecular formula is C9H12N4O. The Morgan fingerprint density at radius 1 is 1.50 bits per heavy atom. The minimum atomic E-state index is -0.683. The van der Waals surface area contributed by atoms with E-state index in [-0.39, 0.29) is 5.91 Å². The number of nitrogens with zero attached hydrogens (tertiary/aromatic N) is 2. The molecule has 1 aliphatic rings. The van der Waals surface area contributed by atoms with Crippen molar-refractivity contribution in [2.75, 3.05) is 5.32 Å². The first kappa shape index (κ1) is 9.08. The molecule has 0 radical (unpaired) electrons. The highest BCUT2D eigenvalue weighted by molar-refractivity contribution is 5.97. The second-order valence-corrected chi connectivity index (χ2v) is 3.55. The van der Waals surface area contributed by atoms with Crippen LogP contribution in [-0.2, 0) is 4.79 Å². The molecule has 74 valence electrons. The normalized spacial score (nSPS) is 18.4. The van der Waals surface area contributed by atoms with Gasteiger partial charge in [-0.15, -0.1) is 0 Å². The second-order valence-electron chi connectivity index (χ2n) is 3.55. The van der Waals surface area contributed by atoms with Gasteiger partial charge >= 0.3 is 0 Å². The van der Waals surface area contributed by atoms with Gasteiger partial charge in [0.15, 0.2) is 5.82 Å². The van der Waals surface area contributed by atoms with Crippen molar-refractivity contribution in [1.82, 2.24) is 9.97 Å². The van der Waals surface area contributed by atoms with E-state index in [9.17, 15) is 4.79 Å². The van der Waals surface area contributed by atoms with Gasteiger partial charge in [-0.05, 0) is 19.3 Å². The third-order valence-electron chi connectivity index (χ3n) is 2.50. The van der Waals surface area contributed by atoms with Gasteiger partial charge in [-0.25, -0.2) is 4.98 Å². The topological polar surface area (TPSA) is 80.9 Å². The van der Waals surface area contributed by atoms with Gasteiger partial charge in [0.2, 0.25) is 5.91 Å². The van der Waals surface area contributed by atoms with E-state index in [1.807, 2.05) is 0 Å². The molecule has 0 unspecified atom stereocenters. The standard InChI is InChI=1S/C9H12N4O/c10-9(2-1-3-9)8(14)13-7-6-11-4-5-12-7/h4-6H,1-3,10H2,(H,12,13,14). The number of hydrogen-bond acceptors (Lipinski definition) is 4. The number of carbonyl (C=O) groups is 1. The van der Waals surface area contributed by atoms with Crippen LogP contribution in [0.3, 0.4) is 0 Å². The van der Waals surface area contributed by atoms with Crippen molar-refractivity contribution in [2.24, 2.45) is 5.73 Å². The van der Waals surface area contributed by atoms with E-state index in [1.165, 1.54) is 12.4 Å². The van der Waals surface area contributed by atoms with Crippen molar-refractivity contribution in [3.63, 3.8) is 0 Å². The Balaban J connectivity index is 2.02. The van der Waals surface area contributed by atoms with Gasteiger partial charge in [0.05, 0.1) is 11.7 Å². The highest BCUT2D eigenvalue weighted by Crippen LogP contribution is 2.29. The number of rotatable bonds is 2. The predicted octanol–water partition coefficient (Wildman–Crippen LogP) is 0.296. The van der Waals surface area contributed by atoms with E-state index in [4.69, 9.17) is 5.73 Å². The maximum atomic E-state index is 11.6. The van der Waals surface area contributed by atoms with Gasteiger partial charge in [0.25, 0.3) is 0 Å². The van der Waals surface area contributed by atoms with Crippen molar-refractivity contribution in [3.8, 4) is 0 Å². The molecule has 1 fully saturated rings. The van der Waals surface area contributed by atoms with Crippen LogP contribution in [0.1, 0.15) is 19.3 Å². The molecule has 1 aromatic heterocycles. The van der Waals surface area contributed by atoms with Gasteiger partial charge in [-0.2, -0.15) is 0 Å². The third kappa shape index (κ3) is 1.58. The molecule has 3 N–H and O–H groups in total. The highest BCUT2D eigenvalue weighted by atomic mass is 16.2. The first-order valence-electron chi connectivity index (χ1n) is 4.57. The largest absolute Gasteiger partial charge is 0.317 e. The number of carbonyl (C=O) groups excluding carboxylic acids is 1. The summed E-state index contributed by atoms with van der Waals surface area (Å²) in [5, 5.41) is 2.65. The summed E-state index contributed by atoms with van der Waals surface area (Å²) in [6, 6.07) is 0. The number of amides is 1. The van der Waals surface area contributed by atoms with E-state index in [1.54, 1.807) is 6.20 Å². The molecule has 0 bridgehead atoms. The molecule has 1 saturated carbocycles. The lowest BCUT2D eigenvalue weighted by molar-refractivity contribution is -0.123. The zero-order valence-corrected chi connectivity index (χ0v) is 7.73. The Labute approximate surface area is 81.7 Å². The average Bonchev–Trinajstić information content (AvgIpc) is 2.15. The summed E-state index contributed by atoms with van der Waals surface area (Å²) in [6.07, 6.45) is 7.10. The summed E-state index contributed by atoms with van der Waals surface area (Å²) in [6.45, 7) is 0. The average molecular weight is 192 g/mol. The van der Waals surface area contributed by atoms with Gasteiger partial charge in [-0.3, -0.25) is 9.78 Å². The molecular weight excluding hydrogens is 180 g/mol. The first-order valence-corrected chi connectivity index (χ1v) is 4.57. The Kier molecular flexibility index (Phi) is 2.17. The van der Waals surface area contributed by atoms with E-state index in [2.05, 4.69) is 15.3 Å². The van der Waals surface area contributed by atoms with Crippen LogP contribution in [0.25, 0.3) is 0 Å². The van der Waals surface area contributed by atoms with Gasteiger partial charge in [0.1, 0.15) is 0 Å². The monoisotopic (exact) mass is 192 g/mol. The Hall–Kier alpha value is -1.49. The molecule has 1 aliphatic carbocycles. The summed E-state index contributed by atoms with van der Waals surface area (Å²) in [5.74, 6) is 0.290. The fourth-order valence-electron chi connectivity index (χ4n) is 1.39. The van der Waals surface area contributed by atoms with Crippen molar-refractivity contribution >= 4 is 11.7 Å². The molecule has 5 nitrogen and oxygen atoms in total. The smallest absolute Gasteiger partial charge is 0.245 e. The Morgan fingerprint density at radius 3 is 2.79 bits per heavy atom. The number of anilines is 1. The molecule has 0 aliphatic heterocycles. The van der Waals surface area contributed by atoms with Crippen molar-refractivity contribution in [2.45, 2.75) is 24.8 Å². The summed E-state index contributed by atoms with van der Waals surface area (Å²) < 4.78 is 0. The first-order chi connectivity index (χ1) is 6.71. The zero-order valence-electron chi connectivity index (χ0n) is 7.73. The second kappa shape index (κ2) is 3.34. The van der Waals surface area contributed by atoms with Crippen LogP contribution in [0.5, 0.6) is 0 Å². The summed E-state index contributed by atoms with van der Waals surface area (Å²) in [7, 11) is 0. The maximum Gasteiger partial charge on any atom is 0.245 e. The van der Waals surface area contributed by atoms with Crippen LogP contribution in [0.4, 0.5) is 5.82 Å². The Morgan fingerprint density at radius 2 is 2.29 bits per heavy atom. The van der Waals surface area contributed by atoms with Crippen molar-refractivity contribution in [3.05, 3.63) is 18.6 Å². The summed E-state index contributed by atoms with van der Waals surface area (Å²) in [4.78, 5) is 19.4. The molecule has 1 heterocycles. The third-order valence-corrected chi connectivity index (χ3v) is 2.50. The van der Waals surface area contributed by atoms with Gasteiger partial charge in [-0.1, -0.05) is 0 Å². The number of nitrogens with one attached hydrogen (secondary N) is 1. The molecule has 0 atom stereocenters. The predicted molar refractivity (Wildman–Crippen MR) is 51.4 cm³/mol. The van der Waals surface area contributed by atoms with Crippen molar-refractivity contribution < 1.29 is 4.79 Å². The van der Waals surface area contributed by atoms with Gasteiger partial charge in [0, 0.05) is 12.4 Å². The lowest BCUT2D eigenvalue weighted by atomic mass is 9.77. The van der Waals surface area contributed by atoms with Gasteiger partial charge < -0.3 is 11.1 Å². The van der Waals surface area contributed by atoms with Crippen LogP contribution in [0.2, 0.25) is 0 Å². The maximum absolute atomic E-state index is 11.6. The molecule has 2 rings (SSSR count). The molecule has 1 amide bonds. The quantitative estimate of drug-likeness (QED) is 0.706. The fraction of sp³-hybridized carbons (Fsp3) is 0.444. The lowest BCUT2D eigenvalue weighted by Gasteiger charge is -2.35. The summed E-state index contributed by atoms with van der Waals surface area (Å²) >= 11 is 0. The number of aromatic nitrogens is 2. The van der Waals surface area contributed by atoms with E-state index in [0.717, 1.165) is 19.3 Å². The fourth-order valence-corrected chi connectivity index (χ4v) is 1.39. The van der Waals surface area contributed by atoms with Crippen molar-refractivity contribution in [1.29, 1.82) is 0 Å². The van der Waals surface area contributed by atoms with Crippen LogP contribution < -0.4 is 11.1 Å². The van der Waals surface area contributed by atoms with E-state index < -0.39 is 5.54 Å². The molecule has 5 heteroatoms. The van der Waals surface area contributed by atoms with E-state index in [0.29, 0.717) is 5.82 Å². The summed E-state index contributed by atoms with van der Waals surface area (Å²) in [5.41, 5.74) is 5.15. The molecule has 1 aromatic rings. The van der Waals surface area contributed by atoms with Crippen LogP contribution in [-0.4, -0.2) is 21.4 Å². The number of nitrogens with two attached hydrogens (primary N) is 1.